The van der Waals surface area contributed by atoms with Gasteiger partial charge in [-0.1, -0.05) is 6.92 Å². The number of hydrogen-bond donors (Lipinski definition) is 1. The van der Waals surface area contributed by atoms with Gasteiger partial charge in [-0.25, -0.2) is 0 Å². The first-order valence-corrected chi connectivity index (χ1v) is 2.16. The molecule has 0 aromatic rings. The van der Waals surface area contributed by atoms with Gasteiger partial charge in [0.1, 0.15) is 0 Å². The normalized spacial score (nSPS) is 6.00. The average Bonchev–Trinajstić information content (AvgIpc) is 1.37. The molecule has 0 amide bonds. The molecule has 0 aliphatic carbocycles. The van der Waals surface area contributed by atoms with Gasteiger partial charge in [0.15, 0.2) is 0 Å². The van der Waals surface area contributed by atoms with Crippen molar-refractivity contribution in [2.75, 3.05) is 5.75 Å². The van der Waals surface area contributed by atoms with E-state index in [1.165, 1.54) is 6.42 Å². The van der Waals surface area contributed by atoms with Crippen LogP contribution in [0.15, 0.2) is 0 Å². The summed E-state index contributed by atoms with van der Waals surface area (Å²) in [7, 11) is 0. The maximum atomic E-state index is 3.92. The van der Waals surface area contributed by atoms with Crippen LogP contribution in [0.4, 0.5) is 0 Å². The van der Waals surface area contributed by atoms with Crippen molar-refractivity contribution in [1.29, 1.82) is 0 Å². The van der Waals surface area contributed by atoms with E-state index in [4.69, 9.17) is 0 Å². The van der Waals surface area contributed by atoms with Crippen molar-refractivity contribution in [3.63, 3.8) is 0 Å². The van der Waals surface area contributed by atoms with Crippen molar-refractivity contribution in [2.45, 2.75) is 13.3 Å². The van der Waals surface area contributed by atoms with Crippen LogP contribution in [0.3, 0.4) is 0 Å². The topological polar surface area (TPSA) is 0 Å². The zero-order chi connectivity index (χ0) is 3.41. The second-order valence-electron chi connectivity index (χ2n) is 0.724. The van der Waals surface area contributed by atoms with Gasteiger partial charge in [-0.2, -0.15) is 12.6 Å². The summed E-state index contributed by atoms with van der Waals surface area (Å²) >= 11 is 3.92. The van der Waals surface area contributed by atoms with Crippen molar-refractivity contribution in [3.05, 3.63) is 0 Å². The molecular weight excluding hydrogens is 107 g/mol. The van der Waals surface area contributed by atoms with Gasteiger partial charge in [-0.05, 0) is 12.2 Å². The number of rotatable bonds is 1. The molecule has 0 atom stereocenters. The van der Waals surface area contributed by atoms with Crippen LogP contribution in [-0.2, 0) is 0 Å². The molecule has 0 aliphatic rings. The summed E-state index contributed by atoms with van der Waals surface area (Å²) in [5.74, 6) is 1.01. The number of hydrogen-bond acceptors (Lipinski definition) is 1. The van der Waals surface area contributed by atoms with Gasteiger partial charge in [0.05, 0.1) is 0 Å². The number of thiol groups is 1. The van der Waals surface area contributed by atoms with Crippen molar-refractivity contribution < 1.29 is 0 Å². The van der Waals surface area contributed by atoms with Gasteiger partial charge in [0.2, 0.25) is 0 Å². The Kier molecular flexibility index (Phi) is 18.9. The van der Waals surface area contributed by atoms with E-state index in [1.807, 2.05) is 0 Å². The summed E-state index contributed by atoms with van der Waals surface area (Å²) < 4.78 is 0. The first-order valence-electron chi connectivity index (χ1n) is 1.52. The van der Waals surface area contributed by atoms with Crippen LogP contribution in [0.5, 0.6) is 0 Å². The second kappa shape index (κ2) is 9.37. The van der Waals surface area contributed by atoms with Crippen LogP contribution < -0.4 is 0 Å². The first-order chi connectivity index (χ1) is 1.91. The third-order valence-corrected chi connectivity index (χ3v) is 0.671. The summed E-state index contributed by atoms with van der Waals surface area (Å²) in [6.45, 7) is 2.10. The minimum absolute atomic E-state index is 0. The molecule has 0 aliphatic heterocycles. The Morgan fingerprint density at radius 2 is 1.80 bits per heavy atom. The summed E-state index contributed by atoms with van der Waals surface area (Å²) in [5, 5.41) is 0. The van der Waals surface area contributed by atoms with Gasteiger partial charge < -0.3 is 0 Å². The van der Waals surface area contributed by atoms with Crippen LogP contribution in [-0.4, -0.2) is 57.1 Å². The van der Waals surface area contributed by atoms with E-state index in [0.717, 1.165) is 5.75 Å². The zero-order valence-corrected chi connectivity index (χ0v) is 3.76. The van der Waals surface area contributed by atoms with Gasteiger partial charge in [-0.3, -0.25) is 0 Å². The van der Waals surface area contributed by atoms with E-state index >= 15 is 0 Å². The van der Waals surface area contributed by atoms with E-state index in [9.17, 15) is 0 Å². The quantitative estimate of drug-likeness (QED) is 0.378. The molecule has 0 spiro atoms. The van der Waals surface area contributed by atoms with Crippen LogP contribution in [0, 0.1) is 0 Å². The molecular formula is C3H9KS. The molecule has 0 heterocycles. The van der Waals surface area contributed by atoms with Crippen LogP contribution >= 0.6 is 12.6 Å². The third-order valence-electron chi connectivity index (χ3n) is 0.224. The fourth-order valence-electron chi connectivity index (χ4n) is 0. The monoisotopic (exact) mass is 116 g/mol. The van der Waals surface area contributed by atoms with Crippen molar-refractivity contribution >= 4 is 64.0 Å². The van der Waals surface area contributed by atoms with E-state index < -0.39 is 0 Å². The molecule has 0 saturated carbocycles. The molecule has 28 valence electrons. The van der Waals surface area contributed by atoms with Gasteiger partial charge in [0, 0.05) is 0 Å². The predicted octanol–water partition coefficient (Wildman–Crippen LogP) is 0.678. The van der Waals surface area contributed by atoms with Gasteiger partial charge in [-0.15, -0.1) is 0 Å². The molecule has 0 unspecified atom stereocenters. The zero-order valence-electron chi connectivity index (χ0n) is 2.86. The Labute approximate surface area is 81.5 Å². The minimum atomic E-state index is 0. The molecule has 0 fully saturated rings. The Balaban J connectivity index is 0. The van der Waals surface area contributed by atoms with Crippen LogP contribution in [0.2, 0.25) is 0 Å². The Hall–Kier alpha value is 1.99. The Morgan fingerprint density at radius 3 is 1.80 bits per heavy atom. The molecule has 0 radical (unpaired) electrons. The molecule has 0 aromatic carbocycles. The second-order valence-corrected chi connectivity index (χ2v) is 1.17. The standard InChI is InChI=1S/C3H8S.K.H/c1-2-3-4;;/h4H,2-3H2,1H3;;. The molecule has 2 heteroatoms. The van der Waals surface area contributed by atoms with Crippen molar-refractivity contribution in [3.8, 4) is 0 Å². The fourth-order valence-corrected chi connectivity index (χ4v) is 0. The third kappa shape index (κ3) is 10.7. The molecule has 0 nitrogen and oxygen atoms in total. The summed E-state index contributed by atoms with van der Waals surface area (Å²) in [6.07, 6.45) is 1.18. The van der Waals surface area contributed by atoms with Gasteiger partial charge >= 0.3 is 51.4 Å². The van der Waals surface area contributed by atoms with E-state index in [-0.39, 0.29) is 51.4 Å². The van der Waals surface area contributed by atoms with Crippen LogP contribution in [0.1, 0.15) is 13.3 Å². The van der Waals surface area contributed by atoms with Gasteiger partial charge in [0.25, 0.3) is 0 Å². The van der Waals surface area contributed by atoms with E-state index in [0.29, 0.717) is 0 Å². The summed E-state index contributed by atoms with van der Waals surface area (Å²) in [4.78, 5) is 0. The maximum absolute atomic E-state index is 3.92. The predicted molar refractivity (Wildman–Crippen MR) is 31.3 cm³/mol. The Bertz CT molecular complexity index is 8.85. The summed E-state index contributed by atoms with van der Waals surface area (Å²) in [5.41, 5.74) is 0. The molecule has 0 saturated heterocycles. The first kappa shape index (κ1) is 10.1. The average molecular weight is 116 g/mol. The molecule has 0 rings (SSSR count). The summed E-state index contributed by atoms with van der Waals surface area (Å²) in [6, 6.07) is 0. The van der Waals surface area contributed by atoms with Crippen molar-refractivity contribution in [2.24, 2.45) is 0 Å². The SMILES string of the molecule is CCCS.[KH]. The molecule has 0 aromatic heterocycles. The van der Waals surface area contributed by atoms with E-state index in [1.54, 1.807) is 0 Å². The molecule has 0 bridgehead atoms. The Morgan fingerprint density at radius 1 is 1.60 bits per heavy atom. The fraction of sp³-hybridized carbons (Fsp3) is 1.00. The molecule has 5 heavy (non-hydrogen) atoms. The van der Waals surface area contributed by atoms with Crippen LogP contribution in [0.25, 0.3) is 0 Å². The molecule has 0 N–H and O–H groups in total. The van der Waals surface area contributed by atoms with E-state index in [2.05, 4.69) is 19.6 Å². The van der Waals surface area contributed by atoms with Crippen molar-refractivity contribution in [1.82, 2.24) is 0 Å².